The van der Waals surface area contributed by atoms with Gasteiger partial charge in [-0.2, -0.15) is 0 Å². The maximum Gasteiger partial charge on any atom is 0.254 e. The van der Waals surface area contributed by atoms with Crippen LogP contribution in [0.2, 0.25) is 0 Å². The van der Waals surface area contributed by atoms with Crippen molar-refractivity contribution in [2.45, 2.75) is 23.5 Å². The molecule has 0 bridgehead atoms. The minimum Gasteiger partial charge on any atom is -0.466 e. The highest BCUT2D eigenvalue weighted by Crippen LogP contribution is 2.45. The van der Waals surface area contributed by atoms with Gasteiger partial charge < -0.3 is 14.8 Å². The number of carbonyl (C=O) groups excluding carboxylic acids is 1. The smallest absolute Gasteiger partial charge is 0.254 e. The Hall–Kier alpha value is -1.79. The van der Waals surface area contributed by atoms with E-state index >= 15 is 0 Å². The van der Waals surface area contributed by atoms with Crippen molar-refractivity contribution in [1.29, 1.82) is 0 Å². The number of rotatable bonds is 6. The van der Waals surface area contributed by atoms with Crippen LogP contribution in [0.5, 0.6) is 0 Å². The number of aliphatic hydroxyl groups is 1. The van der Waals surface area contributed by atoms with Gasteiger partial charge in [-0.15, -0.1) is 11.8 Å². The Morgan fingerprint density at radius 2 is 2.32 bits per heavy atom. The lowest BCUT2D eigenvalue weighted by atomic mass is 9.94. The Balaban J connectivity index is 1.74. The molecule has 2 aromatic heterocycles. The van der Waals surface area contributed by atoms with Gasteiger partial charge >= 0.3 is 0 Å². The van der Waals surface area contributed by atoms with Gasteiger partial charge in [0.25, 0.3) is 5.91 Å². The van der Waals surface area contributed by atoms with Gasteiger partial charge in [0.1, 0.15) is 16.4 Å². The highest BCUT2D eigenvalue weighted by molar-refractivity contribution is 7.98. The van der Waals surface area contributed by atoms with E-state index in [2.05, 4.69) is 10.3 Å². The molecule has 1 aliphatic rings. The summed E-state index contributed by atoms with van der Waals surface area (Å²) in [5.41, 5.74) is -0.617. The molecule has 1 fully saturated rings. The summed E-state index contributed by atoms with van der Waals surface area (Å²) in [5, 5.41) is 14.4. The Bertz CT molecular complexity index is 655. The number of aromatic nitrogens is 1. The van der Waals surface area contributed by atoms with Crippen LogP contribution in [0.25, 0.3) is 0 Å². The van der Waals surface area contributed by atoms with E-state index in [1.54, 1.807) is 30.5 Å². The molecule has 0 unspecified atom stereocenters. The topological polar surface area (TPSA) is 75.4 Å². The molecule has 2 N–H and O–H groups in total. The maximum atomic E-state index is 12.4. The van der Waals surface area contributed by atoms with Gasteiger partial charge in [-0.05, 0) is 49.3 Å². The average Bonchev–Trinajstić information content (AvgIpc) is 3.27. The Morgan fingerprint density at radius 1 is 1.50 bits per heavy atom. The van der Waals surface area contributed by atoms with Crippen LogP contribution < -0.4 is 5.32 Å². The van der Waals surface area contributed by atoms with E-state index in [0.29, 0.717) is 16.3 Å². The van der Waals surface area contributed by atoms with Crippen molar-refractivity contribution in [1.82, 2.24) is 10.3 Å². The van der Waals surface area contributed by atoms with Crippen LogP contribution in [-0.4, -0.2) is 28.8 Å². The third kappa shape index (κ3) is 2.89. The predicted octanol–water partition coefficient (Wildman–Crippen LogP) is 2.42. The number of pyridine rings is 1. The van der Waals surface area contributed by atoms with E-state index in [9.17, 15) is 9.90 Å². The molecule has 0 spiro atoms. The molecule has 0 aromatic carbocycles. The lowest BCUT2D eigenvalue weighted by molar-refractivity contribution is -0.00613. The molecule has 22 heavy (non-hydrogen) atoms. The van der Waals surface area contributed by atoms with Crippen LogP contribution in [0.4, 0.5) is 0 Å². The van der Waals surface area contributed by atoms with Crippen LogP contribution in [-0.2, 0) is 5.60 Å². The highest BCUT2D eigenvalue weighted by atomic mass is 32.2. The maximum absolute atomic E-state index is 12.4. The molecule has 0 saturated heterocycles. The van der Waals surface area contributed by atoms with Crippen LogP contribution in [0, 0.1) is 5.92 Å². The van der Waals surface area contributed by atoms with Gasteiger partial charge in [0.05, 0.1) is 18.4 Å². The summed E-state index contributed by atoms with van der Waals surface area (Å²) >= 11 is 1.42. The van der Waals surface area contributed by atoms with Crippen molar-refractivity contribution >= 4 is 17.7 Å². The van der Waals surface area contributed by atoms with Crippen molar-refractivity contribution in [2.75, 3.05) is 12.8 Å². The van der Waals surface area contributed by atoms with Gasteiger partial charge in [-0.25, -0.2) is 4.98 Å². The molecule has 1 saturated carbocycles. The number of hydrogen-bond donors (Lipinski definition) is 2. The first kappa shape index (κ1) is 15.1. The summed E-state index contributed by atoms with van der Waals surface area (Å²) in [7, 11) is 0. The van der Waals surface area contributed by atoms with Crippen LogP contribution >= 0.6 is 11.8 Å². The zero-order chi connectivity index (χ0) is 15.6. The van der Waals surface area contributed by atoms with Gasteiger partial charge in [-0.3, -0.25) is 4.79 Å². The molecular weight excluding hydrogens is 300 g/mol. The van der Waals surface area contributed by atoms with Crippen LogP contribution in [0.1, 0.15) is 29.0 Å². The van der Waals surface area contributed by atoms with E-state index in [-0.39, 0.29) is 18.4 Å². The normalized spacial score (nSPS) is 17.0. The first-order valence-electron chi connectivity index (χ1n) is 7.18. The predicted molar refractivity (Wildman–Crippen MR) is 83.7 cm³/mol. The summed E-state index contributed by atoms with van der Waals surface area (Å²) in [6.07, 6.45) is 6.96. The summed E-state index contributed by atoms with van der Waals surface area (Å²) in [5.74, 6) is 0.405. The SMILES string of the molecule is CSc1ncccc1C(=O)NC[C@](O)(c1ccco1)C1CC1. The molecular formula is C16H18N2O3S. The molecule has 2 heterocycles. The van der Waals surface area contributed by atoms with Gasteiger partial charge in [0.2, 0.25) is 0 Å². The minimum atomic E-state index is -1.14. The van der Waals surface area contributed by atoms with E-state index in [1.165, 1.54) is 18.0 Å². The lowest BCUT2D eigenvalue weighted by Crippen LogP contribution is -2.42. The van der Waals surface area contributed by atoms with Crippen molar-refractivity contribution < 1.29 is 14.3 Å². The van der Waals surface area contributed by atoms with Gasteiger partial charge in [-0.1, -0.05) is 0 Å². The number of hydrogen-bond acceptors (Lipinski definition) is 5. The quantitative estimate of drug-likeness (QED) is 0.800. The average molecular weight is 318 g/mol. The number of nitrogens with zero attached hydrogens (tertiary/aromatic N) is 1. The number of amides is 1. The van der Waals surface area contributed by atoms with Crippen molar-refractivity contribution in [2.24, 2.45) is 5.92 Å². The second-order valence-electron chi connectivity index (χ2n) is 5.42. The molecule has 2 aromatic rings. The fraction of sp³-hybridized carbons (Fsp3) is 0.375. The van der Waals surface area contributed by atoms with E-state index in [4.69, 9.17) is 4.42 Å². The molecule has 1 atom stereocenters. The lowest BCUT2D eigenvalue weighted by Gasteiger charge is -2.26. The second-order valence-corrected chi connectivity index (χ2v) is 6.21. The van der Waals surface area contributed by atoms with Crippen molar-refractivity contribution in [3.8, 4) is 0 Å². The largest absolute Gasteiger partial charge is 0.466 e. The Kier molecular flexibility index (Phi) is 4.22. The number of nitrogens with one attached hydrogen (secondary N) is 1. The molecule has 0 aliphatic heterocycles. The molecule has 0 radical (unpaired) electrons. The summed E-state index contributed by atoms with van der Waals surface area (Å²) < 4.78 is 5.37. The molecule has 6 heteroatoms. The monoisotopic (exact) mass is 318 g/mol. The third-order valence-electron chi connectivity index (χ3n) is 3.93. The van der Waals surface area contributed by atoms with Crippen molar-refractivity contribution in [3.63, 3.8) is 0 Å². The summed E-state index contributed by atoms with van der Waals surface area (Å²) in [6, 6.07) is 6.96. The zero-order valence-corrected chi connectivity index (χ0v) is 13.1. The fourth-order valence-electron chi connectivity index (χ4n) is 2.55. The zero-order valence-electron chi connectivity index (χ0n) is 12.3. The van der Waals surface area contributed by atoms with Crippen molar-refractivity contribution in [3.05, 3.63) is 48.0 Å². The summed E-state index contributed by atoms with van der Waals surface area (Å²) in [4.78, 5) is 16.6. The molecule has 116 valence electrons. The molecule has 3 rings (SSSR count). The van der Waals surface area contributed by atoms with Gasteiger partial charge in [0.15, 0.2) is 0 Å². The minimum absolute atomic E-state index is 0.132. The Labute approximate surface area is 133 Å². The van der Waals surface area contributed by atoms with Crippen LogP contribution in [0.3, 0.4) is 0 Å². The fourth-order valence-corrected chi connectivity index (χ4v) is 3.10. The molecule has 1 amide bonds. The van der Waals surface area contributed by atoms with Gasteiger partial charge in [0, 0.05) is 6.20 Å². The number of carbonyl (C=O) groups is 1. The molecule has 5 nitrogen and oxygen atoms in total. The van der Waals surface area contributed by atoms with E-state index in [0.717, 1.165) is 12.8 Å². The van der Waals surface area contributed by atoms with E-state index < -0.39 is 5.60 Å². The first-order chi connectivity index (χ1) is 10.6. The third-order valence-corrected chi connectivity index (χ3v) is 4.64. The second kappa shape index (κ2) is 6.14. The summed E-state index contributed by atoms with van der Waals surface area (Å²) in [6.45, 7) is 0.132. The number of thioether (sulfide) groups is 1. The number of furan rings is 1. The molecule has 1 aliphatic carbocycles. The Morgan fingerprint density at radius 3 is 2.95 bits per heavy atom. The van der Waals surface area contributed by atoms with E-state index in [1.807, 2.05) is 6.26 Å². The standard InChI is InChI=1S/C16H18N2O3S/c1-22-15-12(4-2-8-17-15)14(19)18-10-16(20,11-6-7-11)13-5-3-9-21-13/h2-5,8-9,11,20H,6-7,10H2,1H3,(H,18,19)/t16-/m1/s1. The highest BCUT2D eigenvalue weighted by Gasteiger charge is 2.47. The van der Waals surface area contributed by atoms with Crippen LogP contribution in [0.15, 0.2) is 46.2 Å². The first-order valence-corrected chi connectivity index (χ1v) is 8.41.